The van der Waals surface area contributed by atoms with Crippen molar-refractivity contribution in [2.45, 2.75) is 33.4 Å². The van der Waals surface area contributed by atoms with Crippen LogP contribution in [0.2, 0.25) is 0 Å². The van der Waals surface area contributed by atoms with Gasteiger partial charge in [0, 0.05) is 34.8 Å². The number of fused-ring (bicyclic) bond motifs is 2. The van der Waals surface area contributed by atoms with Crippen molar-refractivity contribution in [3.05, 3.63) is 126 Å². The molecule has 0 amide bonds. The lowest BCUT2D eigenvalue weighted by Gasteiger charge is -2.26. The molecule has 0 aliphatic carbocycles. The highest BCUT2D eigenvalue weighted by Gasteiger charge is 2.36. The molecule has 0 saturated heterocycles. The molecule has 0 N–H and O–H groups in total. The summed E-state index contributed by atoms with van der Waals surface area (Å²) in [4.78, 5) is 32.9. The third kappa shape index (κ3) is 5.57. The molecule has 230 valence electrons. The van der Waals surface area contributed by atoms with Crippen molar-refractivity contribution in [2.24, 2.45) is 4.99 Å². The first-order chi connectivity index (χ1) is 21.8. The van der Waals surface area contributed by atoms with Crippen LogP contribution in [0.4, 0.5) is 4.39 Å². The highest BCUT2D eigenvalue weighted by Crippen LogP contribution is 2.40. The molecule has 1 aliphatic rings. The van der Waals surface area contributed by atoms with Crippen LogP contribution < -0.4 is 24.4 Å². The van der Waals surface area contributed by atoms with Crippen LogP contribution in [0.25, 0.3) is 17.0 Å². The highest BCUT2D eigenvalue weighted by molar-refractivity contribution is 7.07. The van der Waals surface area contributed by atoms with E-state index < -0.39 is 12.0 Å². The smallest absolute Gasteiger partial charge is 0.338 e. The van der Waals surface area contributed by atoms with Crippen LogP contribution in [0.3, 0.4) is 0 Å². The number of hydrogen-bond donors (Lipinski definition) is 0. The van der Waals surface area contributed by atoms with Crippen LogP contribution in [0.15, 0.2) is 94.0 Å². The Morgan fingerprint density at radius 2 is 1.82 bits per heavy atom. The second kappa shape index (κ2) is 12.6. The SMILES string of the molecule is CCOC(=O)C1=C(C)N=c2s/c(=C\c3cn(Cc4ccc(F)cc4)c4ccccc34)c(=O)n2[C@H]1c1cccc(OC)c1OCC. The lowest BCUT2D eigenvalue weighted by atomic mass is 9.94. The molecule has 3 aromatic carbocycles. The molecule has 0 radical (unpaired) electrons. The molecule has 1 atom stereocenters. The summed E-state index contributed by atoms with van der Waals surface area (Å²) in [6, 6.07) is 18.9. The standard InChI is InChI=1S/C35H32FN3O5S/c1-5-43-32-26(11-9-13-28(32)42-4)31-30(34(41)44-6-2)21(3)37-35-39(31)33(40)29(45-35)18-23-20-38(27-12-8-7-10-25(23)27)19-22-14-16-24(36)17-15-22/h7-18,20,31H,5-6,19H2,1-4H3/b29-18-/t31-/m0/s1. The number of methoxy groups -OCH3 is 1. The van der Waals surface area contributed by atoms with E-state index in [4.69, 9.17) is 19.2 Å². The maximum absolute atomic E-state index is 14.3. The Morgan fingerprint density at radius 1 is 1.04 bits per heavy atom. The van der Waals surface area contributed by atoms with Gasteiger partial charge in [-0.2, -0.15) is 0 Å². The lowest BCUT2D eigenvalue weighted by molar-refractivity contribution is -0.139. The first-order valence-electron chi connectivity index (χ1n) is 14.7. The van der Waals surface area contributed by atoms with Gasteiger partial charge in [-0.3, -0.25) is 9.36 Å². The summed E-state index contributed by atoms with van der Waals surface area (Å²) in [5.41, 5.74) is 3.82. The molecular formula is C35H32FN3O5S. The topological polar surface area (TPSA) is 84.1 Å². The van der Waals surface area contributed by atoms with Crippen molar-refractivity contribution in [1.82, 2.24) is 9.13 Å². The van der Waals surface area contributed by atoms with Gasteiger partial charge in [0.15, 0.2) is 16.3 Å². The van der Waals surface area contributed by atoms with Crippen LogP contribution >= 0.6 is 11.3 Å². The summed E-state index contributed by atoms with van der Waals surface area (Å²) in [7, 11) is 1.55. The van der Waals surface area contributed by atoms with Gasteiger partial charge in [-0.15, -0.1) is 0 Å². The normalized spacial score (nSPS) is 14.8. The average molecular weight is 626 g/mol. The Morgan fingerprint density at radius 3 is 2.56 bits per heavy atom. The molecule has 5 aromatic rings. The second-order valence-electron chi connectivity index (χ2n) is 10.5. The quantitative estimate of drug-likeness (QED) is 0.206. The molecule has 0 fully saturated rings. The number of rotatable bonds is 9. The third-order valence-electron chi connectivity index (χ3n) is 7.70. The average Bonchev–Trinajstić information content (AvgIpc) is 3.54. The predicted octanol–water partition coefficient (Wildman–Crippen LogP) is 5.35. The molecule has 0 spiro atoms. The van der Waals surface area contributed by atoms with Gasteiger partial charge in [0.25, 0.3) is 5.56 Å². The van der Waals surface area contributed by atoms with Gasteiger partial charge in [-0.05, 0) is 56.7 Å². The Kier molecular flexibility index (Phi) is 8.40. The molecule has 0 saturated carbocycles. The van der Waals surface area contributed by atoms with E-state index >= 15 is 0 Å². The monoisotopic (exact) mass is 625 g/mol. The third-order valence-corrected chi connectivity index (χ3v) is 8.68. The van der Waals surface area contributed by atoms with E-state index in [1.54, 1.807) is 49.8 Å². The molecule has 10 heteroatoms. The predicted molar refractivity (Wildman–Crippen MR) is 172 cm³/mol. The largest absolute Gasteiger partial charge is 0.493 e. The Bertz CT molecular complexity index is 2130. The molecular weight excluding hydrogens is 593 g/mol. The van der Waals surface area contributed by atoms with E-state index in [0.717, 1.165) is 22.0 Å². The summed E-state index contributed by atoms with van der Waals surface area (Å²) in [5, 5.41) is 0.969. The number of esters is 1. The van der Waals surface area contributed by atoms with Crippen LogP contribution in [0.5, 0.6) is 11.5 Å². The zero-order chi connectivity index (χ0) is 31.7. The minimum absolute atomic E-state index is 0.172. The molecule has 8 nitrogen and oxygen atoms in total. The molecule has 6 rings (SSSR count). The number of thiazole rings is 1. The molecule has 2 aromatic heterocycles. The van der Waals surface area contributed by atoms with E-state index in [1.165, 1.54) is 23.5 Å². The molecule has 0 unspecified atom stereocenters. The number of benzene rings is 3. The van der Waals surface area contributed by atoms with Crippen LogP contribution in [0.1, 0.15) is 43.5 Å². The number of aromatic nitrogens is 2. The van der Waals surface area contributed by atoms with E-state index in [9.17, 15) is 14.0 Å². The van der Waals surface area contributed by atoms with Crippen molar-refractivity contribution in [3.63, 3.8) is 0 Å². The van der Waals surface area contributed by atoms with Crippen molar-refractivity contribution < 1.29 is 23.4 Å². The molecule has 3 heterocycles. The van der Waals surface area contributed by atoms with E-state index in [-0.39, 0.29) is 23.6 Å². The van der Waals surface area contributed by atoms with Gasteiger partial charge in [-0.25, -0.2) is 14.2 Å². The van der Waals surface area contributed by atoms with E-state index in [0.29, 0.717) is 45.2 Å². The number of nitrogens with zero attached hydrogens (tertiary/aromatic N) is 3. The minimum Gasteiger partial charge on any atom is -0.493 e. The number of halogens is 1. The zero-order valence-electron chi connectivity index (χ0n) is 25.4. The fourth-order valence-corrected chi connectivity index (χ4v) is 6.78. The van der Waals surface area contributed by atoms with Gasteiger partial charge < -0.3 is 18.8 Å². The zero-order valence-corrected chi connectivity index (χ0v) is 26.2. The highest BCUT2D eigenvalue weighted by atomic mass is 32.1. The van der Waals surface area contributed by atoms with Crippen molar-refractivity contribution in [2.75, 3.05) is 20.3 Å². The van der Waals surface area contributed by atoms with Crippen molar-refractivity contribution in [3.8, 4) is 11.5 Å². The first kappa shape index (κ1) is 30.1. The number of ether oxygens (including phenoxy) is 3. The van der Waals surface area contributed by atoms with Crippen LogP contribution in [-0.2, 0) is 16.1 Å². The number of allylic oxidation sites excluding steroid dienone is 1. The van der Waals surface area contributed by atoms with E-state index in [1.807, 2.05) is 49.5 Å². The van der Waals surface area contributed by atoms with Crippen LogP contribution in [0, 0.1) is 5.82 Å². The van der Waals surface area contributed by atoms with Crippen LogP contribution in [-0.4, -0.2) is 35.4 Å². The Balaban J connectivity index is 1.54. The maximum Gasteiger partial charge on any atom is 0.338 e. The Labute approximate surface area is 262 Å². The first-order valence-corrected chi connectivity index (χ1v) is 15.5. The summed E-state index contributed by atoms with van der Waals surface area (Å²) in [6.07, 6.45) is 3.86. The minimum atomic E-state index is -0.848. The van der Waals surface area contributed by atoms with Gasteiger partial charge in [0.2, 0.25) is 0 Å². The number of carbonyl (C=O) groups is 1. The number of carbonyl (C=O) groups excluding carboxylic acids is 1. The lowest BCUT2D eigenvalue weighted by Crippen LogP contribution is -2.40. The van der Waals surface area contributed by atoms with Gasteiger partial charge >= 0.3 is 5.97 Å². The van der Waals surface area contributed by atoms with Gasteiger partial charge in [0.1, 0.15) is 11.9 Å². The van der Waals surface area contributed by atoms with Gasteiger partial charge in [0.05, 0.1) is 36.1 Å². The molecule has 45 heavy (non-hydrogen) atoms. The fraction of sp³-hybridized carbons (Fsp3) is 0.229. The summed E-state index contributed by atoms with van der Waals surface area (Å²) < 4.78 is 34.7. The molecule has 1 aliphatic heterocycles. The van der Waals surface area contributed by atoms with Crippen molar-refractivity contribution in [1.29, 1.82) is 0 Å². The summed E-state index contributed by atoms with van der Waals surface area (Å²) >= 11 is 1.26. The summed E-state index contributed by atoms with van der Waals surface area (Å²) in [5.74, 6) is 0.104. The van der Waals surface area contributed by atoms with E-state index in [2.05, 4.69) is 4.57 Å². The molecule has 0 bridgehead atoms. The van der Waals surface area contributed by atoms with Gasteiger partial charge in [-0.1, -0.05) is 53.8 Å². The fourth-order valence-electron chi connectivity index (χ4n) is 5.74. The maximum atomic E-state index is 14.3. The second-order valence-corrected chi connectivity index (χ2v) is 11.5. The van der Waals surface area contributed by atoms with Crippen molar-refractivity contribution >= 4 is 34.3 Å². The Hall–Kier alpha value is -4.96. The summed E-state index contributed by atoms with van der Waals surface area (Å²) in [6.45, 7) is 6.41. The number of hydrogen-bond acceptors (Lipinski definition) is 7. The number of para-hydroxylation sites is 2.